The molecule has 130 valence electrons. The van der Waals surface area contributed by atoms with E-state index in [2.05, 4.69) is 5.32 Å². The van der Waals surface area contributed by atoms with Gasteiger partial charge in [0.05, 0.1) is 21.6 Å². The highest BCUT2D eigenvalue weighted by Gasteiger charge is 2.28. The van der Waals surface area contributed by atoms with Crippen LogP contribution in [0.5, 0.6) is 0 Å². The molecule has 0 saturated heterocycles. The normalized spacial score (nSPS) is 15.7. The molecule has 1 unspecified atom stereocenters. The van der Waals surface area contributed by atoms with Crippen LogP contribution in [-0.4, -0.2) is 10.8 Å². The summed E-state index contributed by atoms with van der Waals surface area (Å²) in [5.74, 6) is 0.0869. The summed E-state index contributed by atoms with van der Waals surface area (Å²) >= 11 is 6.09. The lowest BCUT2D eigenvalue weighted by molar-refractivity contribution is -0.384. The molecule has 0 aliphatic heterocycles. The zero-order valence-corrected chi connectivity index (χ0v) is 14.4. The Hall–Kier alpha value is -2.40. The molecule has 1 amide bonds. The van der Waals surface area contributed by atoms with E-state index in [-0.39, 0.29) is 28.2 Å². The van der Waals surface area contributed by atoms with Gasteiger partial charge in [-0.15, -0.1) is 0 Å². The van der Waals surface area contributed by atoms with Crippen LogP contribution in [0.2, 0.25) is 5.02 Å². The first-order valence-corrected chi connectivity index (χ1v) is 8.74. The van der Waals surface area contributed by atoms with Crippen LogP contribution in [0.4, 0.5) is 5.69 Å². The minimum absolute atomic E-state index is 0.0811. The van der Waals surface area contributed by atoms with E-state index in [1.54, 1.807) is 0 Å². The summed E-state index contributed by atoms with van der Waals surface area (Å²) in [5.41, 5.74) is 1.20. The predicted octanol–water partition coefficient (Wildman–Crippen LogP) is 4.91. The first-order valence-electron chi connectivity index (χ1n) is 8.36. The highest BCUT2D eigenvalue weighted by atomic mass is 35.5. The number of halogens is 1. The monoisotopic (exact) mass is 358 g/mol. The van der Waals surface area contributed by atoms with Gasteiger partial charge < -0.3 is 5.32 Å². The molecule has 0 radical (unpaired) electrons. The van der Waals surface area contributed by atoms with Crippen LogP contribution in [0.1, 0.15) is 47.6 Å². The predicted molar refractivity (Wildman–Crippen MR) is 96.7 cm³/mol. The van der Waals surface area contributed by atoms with E-state index in [1.165, 1.54) is 31.0 Å². The maximum Gasteiger partial charge on any atom is 0.270 e. The van der Waals surface area contributed by atoms with Gasteiger partial charge in [0.1, 0.15) is 0 Å². The highest BCUT2D eigenvalue weighted by molar-refractivity contribution is 6.34. The molecule has 1 aliphatic carbocycles. The van der Waals surface area contributed by atoms with Gasteiger partial charge in [0.2, 0.25) is 0 Å². The Labute approximate surface area is 151 Å². The zero-order chi connectivity index (χ0) is 17.8. The van der Waals surface area contributed by atoms with Gasteiger partial charge in [-0.2, -0.15) is 0 Å². The largest absolute Gasteiger partial charge is 0.345 e. The van der Waals surface area contributed by atoms with Gasteiger partial charge in [0.15, 0.2) is 0 Å². The van der Waals surface area contributed by atoms with Gasteiger partial charge in [-0.05, 0) is 30.4 Å². The molecule has 6 heteroatoms. The van der Waals surface area contributed by atoms with Crippen LogP contribution in [-0.2, 0) is 0 Å². The highest BCUT2D eigenvalue weighted by Crippen LogP contribution is 2.36. The molecule has 25 heavy (non-hydrogen) atoms. The van der Waals surface area contributed by atoms with E-state index in [1.807, 2.05) is 30.3 Å². The molecule has 0 bridgehead atoms. The van der Waals surface area contributed by atoms with Crippen LogP contribution in [0.25, 0.3) is 0 Å². The molecule has 3 rings (SSSR count). The van der Waals surface area contributed by atoms with Crippen molar-refractivity contribution in [3.8, 4) is 0 Å². The molecule has 0 spiro atoms. The first kappa shape index (κ1) is 17.4. The number of hydrogen-bond acceptors (Lipinski definition) is 3. The summed E-state index contributed by atoms with van der Waals surface area (Å²) in [6.45, 7) is 0. The van der Waals surface area contributed by atoms with Crippen LogP contribution < -0.4 is 5.32 Å². The second kappa shape index (κ2) is 7.66. The number of carbonyl (C=O) groups excluding carboxylic acids is 1. The number of amides is 1. The second-order valence-corrected chi connectivity index (χ2v) is 6.73. The number of rotatable bonds is 5. The van der Waals surface area contributed by atoms with Crippen molar-refractivity contribution in [1.82, 2.24) is 5.32 Å². The Morgan fingerprint density at radius 3 is 2.44 bits per heavy atom. The molecule has 1 aliphatic rings. The third kappa shape index (κ3) is 3.99. The quantitative estimate of drug-likeness (QED) is 0.609. The first-order chi connectivity index (χ1) is 12.1. The topological polar surface area (TPSA) is 72.2 Å². The van der Waals surface area contributed by atoms with Crippen molar-refractivity contribution >= 4 is 23.2 Å². The maximum atomic E-state index is 12.7. The van der Waals surface area contributed by atoms with Crippen molar-refractivity contribution < 1.29 is 9.72 Å². The average molecular weight is 359 g/mol. The molecule has 2 aromatic rings. The van der Waals surface area contributed by atoms with Gasteiger partial charge >= 0.3 is 0 Å². The van der Waals surface area contributed by atoms with Crippen molar-refractivity contribution in [3.63, 3.8) is 0 Å². The van der Waals surface area contributed by atoms with E-state index < -0.39 is 4.92 Å². The van der Waals surface area contributed by atoms with Crippen LogP contribution in [0, 0.1) is 16.0 Å². The summed E-state index contributed by atoms with van der Waals surface area (Å²) in [4.78, 5) is 23.0. The third-order valence-corrected chi connectivity index (χ3v) is 5.04. The van der Waals surface area contributed by atoms with Crippen LogP contribution in [0.15, 0.2) is 48.5 Å². The van der Waals surface area contributed by atoms with E-state index in [4.69, 9.17) is 11.6 Å². The van der Waals surface area contributed by atoms with Crippen molar-refractivity contribution in [2.24, 2.45) is 5.92 Å². The minimum Gasteiger partial charge on any atom is -0.345 e. The van der Waals surface area contributed by atoms with E-state index >= 15 is 0 Å². The van der Waals surface area contributed by atoms with Gasteiger partial charge in [-0.25, -0.2) is 0 Å². The number of non-ortho nitro benzene ring substituents is 1. The van der Waals surface area contributed by atoms with E-state index in [9.17, 15) is 14.9 Å². The Kier molecular flexibility index (Phi) is 5.34. The number of nitro groups is 1. The fourth-order valence-electron chi connectivity index (χ4n) is 3.45. The van der Waals surface area contributed by atoms with Crippen molar-refractivity contribution in [2.45, 2.75) is 31.7 Å². The average Bonchev–Trinajstić information content (AvgIpc) is 3.14. The Morgan fingerprint density at radius 2 is 1.84 bits per heavy atom. The molecule has 2 aromatic carbocycles. The third-order valence-electron chi connectivity index (χ3n) is 4.72. The number of nitro benzene ring substituents is 1. The number of nitrogens with zero attached hydrogens (tertiary/aromatic N) is 1. The lowest BCUT2D eigenvalue weighted by Gasteiger charge is -2.25. The molecule has 0 aromatic heterocycles. The Balaban J connectivity index is 1.84. The van der Waals surface area contributed by atoms with Gasteiger partial charge in [0.25, 0.3) is 11.6 Å². The number of carbonyl (C=O) groups is 1. The van der Waals surface area contributed by atoms with Gasteiger partial charge in [0, 0.05) is 12.1 Å². The fraction of sp³-hybridized carbons (Fsp3) is 0.316. The Bertz CT molecular complexity index is 773. The number of nitrogens with one attached hydrogen (secondary N) is 1. The molecule has 0 heterocycles. The fourth-order valence-corrected chi connectivity index (χ4v) is 3.71. The molecule has 5 nitrogen and oxygen atoms in total. The SMILES string of the molecule is O=C(NC(c1ccccc1)C1CCCC1)c1ccc([N+](=O)[O-])cc1Cl. The summed E-state index contributed by atoms with van der Waals surface area (Å²) in [6.07, 6.45) is 4.49. The summed E-state index contributed by atoms with van der Waals surface area (Å²) in [6, 6.07) is 13.7. The van der Waals surface area contributed by atoms with Gasteiger partial charge in [-0.1, -0.05) is 54.8 Å². The molecule has 1 atom stereocenters. The zero-order valence-electron chi connectivity index (χ0n) is 13.7. The molecule has 1 N–H and O–H groups in total. The Morgan fingerprint density at radius 1 is 1.16 bits per heavy atom. The lowest BCUT2D eigenvalue weighted by atomic mass is 9.91. The summed E-state index contributed by atoms with van der Waals surface area (Å²) < 4.78 is 0. The number of hydrogen-bond donors (Lipinski definition) is 1. The van der Waals surface area contributed by atoms with Crippen molar-refractivity contribution in [1.29, 1.82) is 0 Å². The smallest absolute Gasteiger partial charge is 0.270 e. The molecular formula is C19H19ClN2O3. The maximum absolute atomic E-state index is 12.7. The minimum atomic E-state index is -0.529. The molecular weight excluding hydrogens is 340 g/mol. The lowest BCUT2D eigenvalue weighted by Crippen LogP contribution is -2.33. The molecule has 1 saturated carbocycles. The van der Waals surface area contributed by atoms with Gasteiger partial charge in [-0.3, -0.25) is 14.9 Å². The van der Waals surface area contributed by atoms with E-state index in [0.717, 1.165) is 18.4 Å². The standard InChI is InChI=1S/C19H19ClN2O3/c20-17-12-15(22(24)25)10-11-16(17)19(23)21-18(14-8-4-5-9-14)13-6-2-1-3-7-13/h1-3,6-7,10-12,14,18H,4-5,8-9H2,(H,21,23). The summed E-state index contributed by atoms with van der Waals surface area (Å²) in [5, 5.41) is 14.0. The van der Waals surface area contributed by atoms with Crippen molar-refractivity contribution in [3.05, 3.63) is 74.8 Å². The number of benzene rings is 2. The van der Waals surface area contributed by atoms with Crippen LogP contribution >= 0.6 is 11.6 Å². The van der Waals surface area contributed by atoms with E-state index in [0.29, 0.717) is 5.92 Å². The van der Waals surface area contributed by atoms with Crippen molar-refractivity contribution in [2.75, 3.05) is 0 Å². The second-order valence-electron chi connectivity index (χ2n) is 6.33. The molecule has 1 fully saturated rings. The summed E-state index contributed by atoms with van der Waals surface area (Å²) in [7, 11) is 0. The van der Waals surface area contributed by atoms with Crippen LogP contribution in [0.3, 0.4) is 0 Å².